The van der Waals surface area contributed by atoms with Crippen molar-refractivity contribution in [2.45, 2.75) is 19.9 Å². The molecule has 0 aliphatic heterocycles. The molecule has 1 atom stereocenters. The molecule has 0 aliphatic rings. The van der Waals surface area contributed by atoms with Gasteiger partial charge in [0, 0.05) is 12.6 Å². The number of anilines is 2. The van der Waals surface area contributed by atoms with Gasteiger partial charge in [0.2, 0.25) is 0 Å². The summed E-state index contributed by atoms with van der Waals surface area (Å²) in [7, 11) is 0. The summed E-state index contributed by atoms with van der Waals surface area (Å²) >= 11 is 1.72. The van der Waals surface area contributed by atoms with E-state index in [1.54, 1.807) is 11.3 Å². The van der Waals surface area contributed by atoms with Gasteiger partial charge in [0.05, 0.1) is 23.8 Å². The zero-order valence-electron chi connectivity index (χ0n) is 10.1. The van der Waals surface area contributed by atoms with Gasteiger partial charge in [-0.05, 0) is 42.3 Å². The number of aromatic nitrogens is 1. The summed E-state index contributed by atoms with van der Waals surface area (Å²) in [5.41, 5.74) is 3.40. The first-order valence-electron chi connectivity index (χ1n) is 5.77. The highest BCUT2D eigenvalue weighted by Crippen LogP contribution is 2.22. The number of rotatable bonds is 5. The maximum absolute atomic E-state index is 4.22. The lowest BCUT2D eigenvalue weighted by Crippen LogP contribution is -2.06. The first-order chi connectivity index (χ1) is 8.29. The van der Waals surface area contributed by atoms with E-state index in [-0.39, 0.29) is 0 Å². The van der Waals surface area contributed by atoms with Crippen LogP contribution in [0.3, 0.4) is 0 Å². The Morgan fingerprint density at radius 2 is 2.18 bits per heavy atom. The molecule has 0 aromatic carbocycles. The second-order valence-electron chi connectivity index (χ2n) is 3.92. The molecule has 0 saturated carbocycles. The molecule has 0 saturated heterocycles. The third kappa shape index (κ3) is 3.20. The smallest absolute Gasteiger partial charge is 0.0552 e. The van der Waals surface area contributed by atoms with Crippen molar-refractivity contribution < 1.29 is 0 Å². The van der Waals surface area contributed by atoms with Gasteiger partial charge in [-0.1, -0.05) is 0 Å². The minimum Gasteiger partial charge on any atom is -0.384 e. The van der Waals surface area contributed by atoms with E-state index in [1.807, 2.05) is 12.4 Å². The van der Waals surface area contributed by atoms with Crippen molar-refractivity contribution in [2.75, 3.05) is 17.2 Å². The normalized spacial score (nSPS) is 12.1. The largest absolute Gasteiger partial charge is 0.384 e. The van der Waals surface area contributed by atoms with E-state index in [9.17, 15) is 0 Å². The first kappa shape index (κ1) is 11.9. The number of nitrogens with zero attached hydrogens (tertiary/aromatic N) is 1. The Morgan fingerprint density at radius 1 is 1.35 bits per heavy atom. The van der Waals surface area contributed by atoms with Crippen LogP contribution in [-0.2, 0) is 0 Å². The SMILES string of the molecule is CCNc1cncc(NC(C)c2ccsc2)c1. The maximum atomic E-state index is 4.22. The zero-order valence-corrected chi connectivity index (χ0v) is 10.9. The van der Waals surface area contributed by atoms with E-state index in [1.165, 1.54) is 5.56 Å². The van der Waals surface area contributed by atoms with Crippen LogP contribution in [0.5, 0.6) is 0 Å². The van der Waals surface area contributed by atoms with Gasteiger partial charge in [-0.2, -0.15) is 11.3 Å². The summed E-state index contributed by atoms with van der Waals surface area (Å²) in [5, 5.41) is 11.0. The van der Waals surface area contributed by atoms with Gasteiger partial charge in [-0.3, -0.25) is 4.98 Å². The molecule has 0 amide bonds. The Bertz CT molecular complexity index is 453. The molecule has 0 bridgehead atoms. The molecule has 1 unspecified atom stereocenters. The molecule has 17 heavy (non-hydrogen) atoms. The Hall–Kier alpha value is -1.55. The van der Waals surface area contributed by atoms with Gasteiger partial charge in [0.25, 0.3) is 0 Å². The average molecular weight is 247 g/mol. The summed E-state index contributed by atoms with van der Waals surface area (Å²) in [4.78, 5) is 4.22. The fourth-order valence-corrected chi connectivity index (χ4v) is 2.43. The van der Waals surface area contributed by atoms with Gasteiger partial charge < -0.3 is 10.6 Å². The maximum Gasteiger partial charge on any atom is 0.0552 e. The third-order valence-corrected chi connectivity index (χ3v) is 3.25. The topological polar surface area (TPSA) is 37.0 Å². The van der Waals surface area contributed by atoms with Crippen molar-refractivity contribution >= 4 is 22.7 Å². The summed E-state index contributed by atoms with van der Waals surface area (Å²) < 4.78 is 0. The third-order valence-electron chi connectivity index (χ3n) is 2.55. The molecule has 4 heteroatoms. The number of hydrogen-bond donors (Lipinski definition) is 2. The minimum atomic E-state index is 0.305. The van der Waals surface area contributed by atoms with Crippen molar-refractivity contribution in [3.63, 3.8) is 0 Å². The van der Waals surface area contributed by atoms with Crippen molar-refractivity contribution in [3.05, 3.63) is 40.8 Å². The summed E-state index contributed by atoms with van der Waals surface area (Å²) in [6.07, 6.45) is 3.69. The molecule has 0 spiro atoms. The summed E-state index contributed by atoms with van der Waals surface area (Å²) in [5.74, 6) is 0. The molecular formula is C13H17N3S. The Labute approximate surface area is 106 Å². The molecule has 0 radical (unpaired) electrons. The zero-order chi connectivity index (χ0) is 12.1. The predicted octanol–water partition coefficient (Wildman–Crippen LogP) is 3.75. The van der Waals surface area contributed by atoms with Gasteiger partial charge in [-0.15, -0.1) is 0 Å². The monoisotopic (exact) mass is 247 g/mol. The lowest BCUT2D eigenvalue weighted by atomic mass is 10.2. The molecule has 2 aromatic heterocycles. The highest BCUT2D eigenvalue weighted by molar-refractivity contribution is 7.07. The lowest BCUT2D eigenvalue weighted by molar-refractivity contribution is 0.888. The van der Waals surface area contributed by atoms with Gasteiger partial charge in [0.15, 0.2) is 0 Å². The highest BCUT2D eigenvalue weighted by atomic mass is 32.1. The van der Waals surface area contributed by atoms with E-state index >= 15 is 0 Å². The quantitative estimate of drug-likeness (QED) is 0.845. The standard InChI is InChI=1S/C13H17N3S/c1-3-15-12-6-13(8-14-7-12)16-10(2)11-4-5-17-9-11/h4-10,15-16H,3H2,1-2H3. The number of pyridine rings is 1. The van der Waals surface area contributed by atoms with Crippen LogP contribution in [0.15, 0.2) is 35.3 Å². The van der Waals surface area contributed by atoms with Gasteiger partial charge in [0.1, 0.15) is 0 Å². The number of nitrogens with one attached hydrogen (secondary N) is 2. The van der Waals surface area contributed by atoms with Crippen LogP contribution in [0.1, 0.15) is 25.5 Å². The van der Waals surface area contributed by atoms with Crippen LogP contribution in [0, 0.1) is 0 Å². The van der Waals surface area contributed by atoms with Crippen LogP contribution in [0.2, 0.25) is 0 Å². The van der Waals surface area contributed by atoms with Crippen LogP contribution in [0.4, 0.5) is 11.4 Å². The Morgan fingerprint density at radius 3 is 2.88 bits per heavy atom. The fraction of sp³-hybridized carbons (Fsp3) is 0.308. The Kier molecular flexibility index (Phi) is 3.98. The fourth-order valence-electron chi connectivity index (χ4n) is 1.67. The molecule has 2 aromatic rings. The van der Waals surface area contributed by atoms with Crippen molar-refractivity contribution in [3.8, 4) is 0 Å². The van der Waals surface area contributed by atoms with E-state index in [0.717, 1.165) is 17.9 Å². The highest BCUT2D eigenvalue weighted by Gasteiger charge is 2.05. The van der Waals surface area contributed by atoms with E-state index in [0.29, 0.717) is 6.04 Å². The number of hydrogen-bond acceptors (Lipinski definition) is 4. The summed E-state index contributed by atoms with van der Waals surface area (Å²) in [6, 6.07) is 4.53. The average Bonchev–Trinajstić information content (AvgIpc) is 2.83. The molecule has 0 fully saturated rings. The van der Waals surface area contributed by atoms with Gasteiger partial charge >= 0.3 is 0 Å². The van der Waals surface area contributed by atoms with Crippen LogP contribution >= 0.6 is 11.3 Å². The molecular weight excluding hydrogens is 230 g/mol. The molecule has 90 valence electrons. The van der Waals surface area contributed by atoms with Crippen molar-refractivity contribution in [2.24, 2.45) is 0 Å². The van der Waals surface area contributed by atoms with Crippen molar-refractivity contribution in [1.29, 1.82) is 0 Å². The first-order valence-corrected chi connectivity index (χ1v) is 6.71. The second kappa shape index (κ2) is 5.68. The van der Waals surface area contributed by atoms with Gasteiger partial charge in [-0.25, -0.2) is 0 Å². The Balaban J connectivity index is 2.05. The molecule has 3 nitrogen and oxygen atoms in total. The molecule has 0 aliphatic carbocycles. The predicted molar refractivity (Wildman–Crippen MR) is 74.8 cm³/mol. The van der Waals surface area contributed by atoms with E-state index < -0.39 is 0 Å². The minimum absolute atomic E-state index is 0.305. The van der Waals surface area contributed by atoms with E-state index in [4.69, 9.17) is 0 Å². The molecule has 2 N–H and O–H groups in total. The van der Waals surface area contributed by atoms with Crippen LogP contribution < -0.4 is 10.6 Å². The van der Waals surface area contributed by atoms with Crippen LogP contribution in [-0.4, -0.2) is 11.5 Å². The van der Waals surface area contributed by atoms with Crippen LogP contribution in [0.25, 0.3) is 0 Å². The number of thiophene rings is 1. The second-order valence-corrected chi connectivity index (χ2v) is 4.70. The molecule has 2 heterocycles. The lowest BCUT2D eigenvalue weighted by Gasteiger charge is -2.14. The van der Waals surface area contributed by atoms with Crippen molar-refractivity contribution in [1.82, 2.24) is 4.98 Å². The molecule has 2 rings (SSSR count). The van der Waals surface area contributed by atoms with E-state index in [2.05, 4.69) is 52.4 Å². The summed E-state index contributed by atoms with van der Waals surface area (Å²) in [6.45, 7) is 5.14.